The molecule has 3 heteroatoms. The van der Waals surface area contributed by atoms with Gasteiger partial charge >= 0.3 is 0 Å². The Morgan fingerprint density at radius 3 is 2.62 bits per heavy atom. The van der Waals surface area contributed by atoms with Gasteiger partial charge in [-0.05, 0) is 42.9 Å². The Morgan fingerprint density at radius 2 is 2.00 bits per heavy atom. The second kappa shape index (κ2) is 5.48. The lowest BCUT2D eigenvalue weighted by molar-refractivity contribution is -0.121. The first-order chi connectivity index (χ1) is 7.74. The van der Waals surface area contributed by atoms with E-state index in [1.54, 1.807) is 0 Å². The zero-order chi connectivity index (χ0) is 11.4. The minimum Gasteiger partial charge on any atom is -0.356 e. The van der Waals surface area contributed by atoms with Gasteiger partial charge in [-0.25, -0.2) is 0 Å². The third-order valence-corrected chi connectivity index (χ3v) is 3.37. The van der Waals surface area contributed by atoms with Crippen molar-refractivity contribution in [2.75, 3.05) is 6.54 Å². The lowest BCUT2D eigenvalue weighted by Crippen LogP contribution is -2.25. The van der Waals surface area contributed by atoms with Crippen molar-refractivity contribution in [3.63, 3.8) is 0 Å². The van der Waals surface area contributed by atoms with Crippen molar-refractivity contribution in [2.24, 2.45) is 5.92 Å². The first kappa shape index (κ1) is 11.6. The maximum Gasteiger partial charge on any atom is 0.220 e. The number of nitrogens with one attached hydrogen (secondary N) is 1. The molecule has 1 N–H and O–H groups in total. The molecule has 16 heavy (non-hydrogen) atoms. The largest absolute Gasteiger partial charge is 0.356 e. The number of aryl methyl sites for hydroxylation is 1. The van der Waals surface area contributed by atoms with Gasteiger partial charge in [0.25, 0.3) is 0 Å². The SMILES string of the molecule is O=C(CCc1ccc(Br)cc1)NCC1CC1. The highest BCUT2D eigenvalue weighted by Gasteiger charge is 2.21. The van der Waals surface area contributed by atoms with Crippen LogP contribution in [-0.2, 0) is 11.2 Å². The van der Waals surface area contributed by atoms with Crippen molar-refractivity contribution in [1.29, 1.82) is 0 Å². The van der Waals surface area contributed by atoms with Gasteiger partial charge in [-0.1, -0.05) is 28.1 Å². The summed E-state index contributed by atoms with van der Waals surface area (Å²) >= 11 is 3.39. The molecular weight excluding hydrogens is 266 g/mol. The second-order valence-corrected chi connectivity index (χ2v) is 5.29. The van der Waals surface area contributed by atoms with E-state index in [4.69, 9.17) is 0 Å². The zero-order valence-corrected chi connectivity index (χ0v) is 10.8. The zero-order valence-electron chi connectivity index (χ0n) is 9.21. The van der Waals surface area contributed by atoms with Gasteiger partial charge in [0.05, 0.1) is 0 Å². The summed E-state index contributed by atoms with van der Waals surface area (Å²) in [5.41, 5.74) is 1.21. The molecule has 1 amide bonds. The first-order valence-electron chi connectivity index (χ1n) is 5.75. The molecular formula is C13H16BrNO. The van der Waals surface area contributed by atoms with E-state index < -0.39 is 0 Å². The molecule has 0 saturated heterocycles. The maximum atomic E-state index is 11.5. The molecule has 0 heterocycles. The fourth-order valence-electron chi connectivity index (χ4n) is 1.58. The smallest absolute Gasteiger partial charge is 0.220 e. The predicted octanol–water partition coefficient (Wildman–Crippen LogP) is 2.91. The van der Waals surface area contributed by atoms with Crippen LogP contribution in [0, 0.1) is 5.92 Å². The highest BCUT2D eigenvalue weighted by atomic mass is 79.9. The fraction of sp³-hybridized carbons (Fsp3) is 0.462. The number of amides is 1. The summed E-state index contributed by atoms with van der Waals surface area (Å²) in [6, 6.07) is 8.13. The van der Waals surface area contributed by atoms with Crippen LogP contribution in [0.4, 0.5) is 0 Å². The number of hydrogen-bond acceptors (Lipinski definition) is 1. The van der Waals surface area contributed by atoms with Gasteiger partial charge in [0, 0.05) is 17.4 Å². The van der Waals surface area contributed by atoms with Crippen LogP contribution in [0.3, 0.4) is 0 Å². The average Bonchev–Trinajstić information content (AvgIpc) is 3.09. The number of rotatable bonds is 5. The monoisotopic (exact) mass is 281 g/mol. The molecule has 0 unspecified atom stereocenters. The average molecular weight is 282 g/mol. The summed E-state index contributed by atoms with van der Waals surface area (Å²) in [6.45, 7) is 0.874. The Labute approximate surface area is 105 Å². The normalized spacial score (nSPS) is 14.8. The molecule has 2 nitrogen and oxygen atoms in total. The van der Waals surface area contributed by atoms with E-state index >= 15 is 0 Å². The van der Waals surface area contributed by atoms with Crippen LogP contribution in [0.15, 0.2) is 28.7 Å². The van der Waals surface area contributed by atoms with E-state index in [2.05, 4.69) is 33.4 Å². The molecule has 0 radical (unpaired) electrons. The van der Waals surface area contributed by atoms with Crippen LogP contribution in [-0.4, -0.2) is 12.5 Å². The lowest BCUT2D eigenvalue weighted by Gasteiger charge is -2.04. The van der Waals surface area contributed by atoms with Crippen molar-refractivity contribution < 1.29 is 4.79 Å². The first-order valence-corrected chi connectivity index (χ1v) is 6.54. The van der Waals surface area contributed by atoms with Crippen LogP contribution in [0.2, 0.25) is 0 Å². The molecule has 0 spiro atoms. The molecule has 1 aliphatic rings. The van der Waals surface area contributed by atoms with Crippen molar-refractivity contribution in [2.45, 2.75) is 25.7 Å². The van der Waals surface area contributed by atoms with E-state index in [0.717, 1.165) is 23.4 Å². The van der Waals surface area contributed by atoms with Gasteiger partial charge in [-0.3, -0.25) is 4.79 Å². The molecule has 1 aromatic carbocycles. The van der Waals surface area contributed by atoms with Crippen molar-refractivity contribution in [1.82, 2.24) is 5.32 Å². The van der Waals surface area contributed by atoms with Crippen molar-refractivity contribution in [3.8, 4) is 0 Å². The molecule has 1 saturated carbocycles. The highest BCUT2D eigenvalue weighted by molar-refractivity contribution is 9.10. The summed E-state index contributed by atoms with van der Waals surface area (Å²) in [7, 11) is 0. The summed E-state index contributed by atoms with van der Waals surface area (Å²) in [4.78, 5) is 11.5. The summed E-state index contributed by atoms with van der Waals surface area (Å²) in [6.07, 6.45) is 3.98. The minimum atomic E-state index is 0.176. The van der Waals surface area contributed by atoms with E-state index in [-0.39, 0.29) is 5.91 Å². The van der Waals surface area contributed by atoms with Gasteiger partial charge in [-0.2, -0.15) is 0 Å². The quantitative estimate of drug-likeness (QED) is 0.884. The minimum absolute atomic E-state index is 0.176. The lowest BCUT2D eigenvalue weighted by atomic mass is 10.1. The van der Waals surface area contributed by atoms with Gasteiger partial charge in [0.2, 0.25) is 5.91 Å². The van der Waals surface area contributed by atoms with E-state index in [0.29, 0.717) is 6.42 Å². The number of benzene rings is 1. The molecule has 0 aliphatic heterocycles. The van der Waals surface area contributed by atoms with E-state index in [9.17, 15) is 4.79 Å². The number of hydrogen-bond donors (Lipinski definition) is 1. The summed E-state index contributed by atoms with van der Waals surface area (Å²) in [5.74, 6) is 0.937. The van der Waals surface area contributed by atoms with Crippen molar-refractivity contribution >= 4 is 21.8 Å². The number of halogens is 1. The van der Waals surface area contributed by atoms with E-state index in [1.807, 2.05) is 12.1 Å². The molecule has 0 aromatic heterocycles. The van der Waals surface area contributed by atoms with Crippen molar-refractivity contribution in [3.05, 3.63) is 34.3 Å². The predicted molar refractivity (Wildman–Crippen MR) is 68.2 cm³/mol. The van der Waals surface area contributed by atoms with E-state index in [1.165, 1.54) is 18.4 Å². The topological polar surface area (TPSA) is 29.1 Å². The molecule has 1 aromatic rings. The van der Waals surface area contributed by atoms with Crippen LogP contribution < -0.4 is 5.32 Å². The Balaban J connectivity index is 1.69. The van der Waals surface area contributed by atoms with Crippen LogP contribution >= 0.6 is 15.9 Å². The Bertz CT molecular complexity index is 357. The van der Waals surface area contributed by atoms with Gasteiger partial charge in [0.15, 0.2) is 0 Å². The van der Waals surface area contributed by atoms with Gasteiger partial charge in [0.1, 0.15) is 0 Å². The highest BCUT2D eigenvalue weighted by Crippen LogP contribution is 2.27. The van der Waals surface area contributed by atoms with Crippen LogP contribution in [0.1, 0.15) is 24.8 Å². The molecule has 0 atom stereocenters. The Hall–Kier alpha value is -0.830. The Morgan fingerprint density at radius 1 is 1.31 bits per heavy atom. The molecule has 0 bridgehead atoms. The second-order valence-electron chi connectivity index (χ2n) is 4.37. The molecule has 2 rings (SSSR count). The summed E-state index contributed by atoms with van der Waals surface area (Å²) in [5, 5.41) is 2.98. The van der Waals surface area contributed by atoms with Gasteiger partial charge < -0.3 is 5.32 Å². The molecule has 86 valence electrons. The van der Waals surface area contributed by atoms with Gasteiger partial charge in [-0.15, -0.1) is 0 Å². The fourth-order valence-corrected chi connectivity index (χ4v) is 1.84. The standard InChI is InChI=1S/C13H16BrNO/c14-12-6-3-10(4-7-12)5-8-13(16)15-9-11-1-2-11/h3-4,6-7,11H,1-2,5,8-9H2,(H,15,16). The third kappa shape index (κ3) is 3.97. The third-order valence-electron chi connectivity index (χ3n) is 2.84. The van der Waals surface area contributed by atoms with Crippen LogP contribution in [0.5, 0.6) is 0 Å². The number of carbonyl (C=O) groups is 1. The maximum absolute atomic E-state index is 11.5. The number of carbonyl (C=O) groups excluding carboxylic acids is 1. The Kier molecular flexibility index (Phi) is 3.99. The molecule has 1 fully saturated rings. The van der Waals surface area contributed by atoms with Crippen LogP contribution in [0.25, 0.3) is 0 Å². The molecule has 1 aliphatic carbocycles. The summed E-state index contributed by atoms with van der Waals surface area (Å²) < 4.78 is 1.08.